The van der Waals surface area contributed by atoms with E-state index in [1.165, 1.54) is 13.6 Å². The Morgan fingerprint density at radius 1 is 1.23 bits per heavy atom. The molecule has 0 radical (unpaired) electrons. The quantitative estimate of drug-likeness (QED) is 0.740. The molecule has 6 nitrogen and oxygen atoms in total. The van der Waals surface area contributed by atoms with Crippen molar-refractivity contribution in [3.05, 3.63) is 62.5 Å². The van der Waals surface area contributed by atoms with Crippen LogP contribution in [0.4, 0.5) is 0 Å². The van der Waals surface area contributed by atoms with Gasteiger partial charge in [0.25, 0.3) is 0 Å². The smallest absolute Gasteiger partial charge is 0.280 e. The van der Waals surface area contributed by atoms with E-state index >= 15 is 0 Å². The molecule has 0 aliphatic heterocycles. The number of rotatable bonds is 4. The van der Waals surface area contributed by atoms with Gasteiger partial charge in [0.1, 0.15) is 0 Å². The highest BCUT2D eigenvalue weighted by molar-refractivity contribution is 6.30. The maximum absolute atomic E-state index is 12.6. The van der Waals surface area contributed by atoms with Crippen LogP contribution in [0, 0.1) is 0 Å². The number of fused-ring (bicyclic) bond motifs is 1. The first-order chi connectivity index (χ1) is 10.6. The standard InChI is InChI=1S/C15H15ClN4O2/c1-2-3-7-20-15(22)19-9-8-18(14(21)13(19)17-20)12-6-4-5-11(16)10-12/h4-6,8-10H,2-3,7H2,1H3. The van der Waals surface area contributed by atoms with E-state index in [0.717, 1.165) is 12.8 Å². The molecule has 0 saturated heterocycles. The van der Waals surface area contributed by atoms with Gasteiger partial charge < -0.3 is 0 Å². The SMILES string of the molecule is CCCCn1nc2c(=O)n(-c3cccc(Cl)c3)ccn2c1=O. The van der Waals surface area contributed by atoms with E-state index in [1.807, 2.05) is 6.92 Å². The second-order valence-electron chi connectivity index (χ2n) is 5.01. The zero-order valence-corrected chi connectivity index (χ0v) is 12.8. The van der Waals surface area contributed by atoms with Gasteiger partial charge in [-0.1, -0.05) is 31.0 Å². The van der Waals surface area contributed by atoms with E-state index in [0.29, 0.717) is 17.3 Å². The third-order valence-electron chi connectivity index (χ3n) is 3.46. The van der Waals surface area contributed by atoms with Gasteiger partial charge in [-0.3, -0.25) is 9.36 Å². The zero-order chi connectivity index (χ0) is 15.7. The summed E-state index contributed by atoms with van der Waals surface area (Å²) in [6.07, 6.45) is 4.89. The third kappa shape index (κ3) is 2.46. The van der Waals surface area contributed by atoms with E-state index < -0.39 is 0 Å². The fraction of sp³-hybridized carbons (Fsp3) is 0.267. The molecule has 0 N–H and O–H groups in total. The topological polar surface area (TPSA) is 61.3 Å². The molecule has 0 fully saturated rings. The first-order valence-electron chi connectivity index (χ1n) is 7.08. The lowest BCUT2D eigenvalue weighted by Crippen LogP contribution is -2.24. The molecule has 0 unspecified atom stereocenters. The summed E-state index contributed by atoms with van der Waals surface area (Å²) in [6.45, 7) is 2.54. The summed E-state index contributed by atoms with van der Waals surface area (Å²) in [5.74, 6) is 0. The van der Waals surface area contributed by atoms with Gasteiger partial charge in [-0.25, -0.2) is 13.9 Å². The summed E-state index contributed by atoms with van der Waals surface area (Å²) in [5, 5.41) is 4.70. The summed E-state index contributed by atoms with van der Waals surface area (Å²) >= 11 is 5.96. The lowest BCUT2D eigenvalue weighted by Gasteiger charge is -2.05. The lowest BCUT2D eigenvalue weighted by atomic mass is 10.3. The Hall–Kier alpha value is -2.34. The van der Waals surface area contributed by atoms with Crippen molar-refractivity contribution in [1.29, 1.82) is 0 Å². The van der Waals surface area contributed by atoms with Gasteiger partial charge in [-0.05, 0) is 24.6 Å². The molecule has 3 rings (SSSR count). The Labute approximate surface area is 131 Å². The average Bonchev–Trinajstić information content (AvgIpc) is 2.83. The third-order valence-corrected chi connectivity index (χ3v) is 3.69. The molecule has 1 aromatic carbocycles. The Morgan fingerprint density at radius 2 is 2.05 bits per heavy atom. The summed E-state index contributed by atoms with van der Waals surface area (Å²) < 4.78 is 4.04. The van der Waals surface area contributed by atoms with Crippen LogP contribution in [-0.2, 0) is 6.54 Å². The second kappa shape index (κ2) is 5.81. The fourth-order valence-corrected chi connectivity index (χ4v) is 2.48. The molecule has 2 aromatic heterocycles. The van der Waals surface area contributed by atoms with Crippen molar-refractivity contribution in [2.45, 2.75) is 26.3 Å². The molecule has 0 spiro atoms. The van der Waals surface area contributed by atoms with Crippen LogP contribution in [-0.4, -0.2) is 18.7 Å². The van der Waals surface area contributed by atoms with Gasteiger partial charge >= 0.3 is 11.2 Å². The molecule has 3 aromatic rings. The molecule has 0 bridgehead atoms. The number of nitrogens with zero attached hydrogens (tertiary/aromatic N) is 4. The minimum absolute atomic E-state index is 0.114. The fourth-order valence-electron chi connectivity index (χ4n) is 2.29. The van der Waals surface area contributed by atoms with E-state index in [1.54, 1.807) is 36.7 Å². The van der Waals surface area contributed by atoms with Crippen LogP contribution in [0.3, 0.4) is 0 Å². The number of hydrogen-bond donors (Lipinski definition) is 0. The van der Waals surface area contributed by atoms with Crippen molar-refractivity contribution in [1.82, 2.24) is 18.7 Å². The van der Waals surface area contributed by atoms with Crippen LogP contribution in [0.1, 0.15) is 19.8 Å². The first kappa shape index (κ1) is 14.6. The van der Waals surface area contributed by atoms with E-state index in [4.69, 9.17) is 11.6 Å². The number of halogens is 1. The van der Waals surface area contributed by atoms with E-state index in [-0.39, 0.29) is 16.9 Å². The second-order valence-corrected chi connectivity index (χ2v) is 5.44. The minimum Gasteiger partial charge on any atom is -0.280 e. The number of benzene rings is 1. The maximum atomic E-state index is 12.6. The van der Waals surface area contributed by atoms with E-state index in [2.05, 4.69) is 5.10 Å². The molecule has 0 saturated carbocycles. The molecule has 114 valence electrons. The van der Waals surface area contributed by atoms with Crippen LogP contribution < -0.4 is 11.2 Å². The van der Waals surface area contributed by atoms with Gasteiger partial charge in [-0.15, -0.1) is 5.10 Å². The van der Waals surface area contributed by atoms with Crippen molar-refractivity contribution in [2.24, 2.45) is 0 Å². The van der Waals surface area contributed by atoms with Crippen molar-refractivity contribution in [2.75, 3.05) is 0 Å². The van der Waals surface area contributed by atoms with Crippen molar-refractivity contribution in [3.8, 4) is 5.69 Å². The molecule has 0 aliphatic rings. The van der Waals surface area contributed by atoms with E-state index in [9.17, 15) is 9.59 Å². The Kier molecular flexibility index (Phi) is 3.85. The number of aryl methyl sites for hydroxylation is 1. The molecule has 2 heterocycles. The van der Waals surface area contributed by atoms with Gasteiger partial charge in [-0.2, -0.15) is 0 Å². The summed E-state index contributed by atoms with van der Waals surface area (Å²) in [6, 6.07) is 6.96. The molecule has 0 aliphatic carbocycles. The summed E-state index contributed by atoms with van der Waals surface area (Å²) in [7, 11) is 0. The van der Waals surface area contributed by atoms with Crippen molar-refractivity contribution in [3.63, 3.8) is 0 Å². The normalized spacial score (nSPS) is 11.2. The van der Waals surface area contributed by atoms with Crippen LogP contribution in [0.5, 0.6) is 0 Å². The zero-order valence-electron chi connectivity index (χ0n) is 12.1. The maximum Gasteiger partial charge on any atom is 0.350 e. The molecule has 0 atom stereocenters. The number of hydrogen-bond acceptors (Lipinski definition) is 3. The predicted octanol–water partition coefficient (Wildman–Crippen LogP) is 2.10. The minimum atomic E-state index is -0.350. The van der Waals surface area contributed by atoms with Crippen LogP contribution in [0.25, 0.3) is 11.3 Å². The molecule has 7 heteroatoms. The highest BCUT2D eigenvalue weighted by atomic mass is 35.5. The Bertz CT molecular complexity index is 939. The predicted molar refractivity (Wildman–Crippen MR) is 85.0 cm³/mol. The van der Waals surface area contributed by atoms with Gasteiger partial charge in [0.2, 0.25) is 5.65 Å². The molecular weight excluding hydrogens is 304 g/mol. The van der Waals surface area contributed by atoms with Crippen LogP contribution in [0.15, 0.2) is 46.2 Å². The monoisotopic (exact) mass is 318 g/mol. The van der Waals surface area contributed by atoms with Gasteiger partial charge in [0.05, 0.1) is 5.69 Å². The highest BCUT2D eigenvalue weighted by Gasteiger charge is 2.12. The molecular formula is C15H15ClN4O2. The number of aromatic nitrogens is 4. The molecule has 0 amide bonds. The van der Waals surface area contributed by atoms with Crippen LogP contribution >= 0.6 is 11.6 Å². The Balaban J connectivity index is 2.18. The van der Waals surface area contributed by atoms with Crippen molar-refractivity contribution >= 4 is 17.2 Å². The largest absolute Gasteiger partial charge is 0.350 e. The summed E-state index contributed by atoms with van der Waals surface area (Å²) in [5.41, 5.74) is 0.107. The first-order valence-corrected chi connectivity index (χ1v) is 7.46. The Morgan fingerprint density at radius 3 is 2.77 bits per heavy atom. The van der Waals surface area contributed by atoms with Gasteiger partial charge in [0.15, 0.2) is 0 Å². The number of unbranched alkanes of at least 4 members (excludes halogenated alkanes) is 1. The highest BCUT2D eigenvalue weighted by Crippen LogP contribution is 2.13. The summed E-state index contributed by atoms with van der Waals surface area (Å²) in [4.78, 5) is 24.7. The molecule has 22 heavy (non-hydrogen) atoms. The average molecular weight is 319 g/mol. The van der Waals surface area contributed by atoms with Crippen molar-refractivity contribution < 1.29 is 0 Å². The lowest BCUT2D eigenvalue weighted by molar-refractivity contribution is 0.554. The van der Waals surface area contributed by atoms with Gasteiger partial charge in [0, 0.05) is 24.0 Å². The van der Waals surface area contributed by atoms with Crippen LogP contribution in [0.2, 0.25) is 5.02 Å².